The minimum Gasteiger partial charge on any atom is -0.490 e. The Labute approximate surface area is 220 Å². The summed E-state index contributed by atoms with van der Waals surface area (Å²) < 4.78 is 16.6. The van der Waals surface area contributed by atoms with Gasteiger partial charge in [-0.15, -0.1) is 0 Å². The van der Waals surface area contributed by atoms with Crippen LogP contribution in [0.5, 0.6) is 17.2 Å². The number of nitrogens with one attached hydrogen (secondary N) is 1. The Morgan fingerprint density at radius 2 is 1.72 bits per heavy atom. The minimum absolute atomic E-state index is 0.176. The van der Waals surface area contributed by atoms with Gasteiger partial charge in [0.15, 0.2) is 18.1 Å². The Morgan fingerprint density at radius 1 is 0.972 bits per heavy atom. The van der Waals surface area contributed by atoms with Crippen LogP contribution in [0, 0.1) is 0 Å². The van der Waals surface area contributed by atoms with Gasteiger partial charge in [0.1, 0.15) is 5.75 Å². The lowest BCUT2D eigenvalue weighted by atomic mass is 10.0. The maximum atomic E-state index is 12.6. The number of hydrogen-bond donors (Lipinski definition) is 1. The van der Waals surface area contributed by atoms with Gasteiger partial charge in [-0.1, -0.05) is 49.2 Å². The zero-order valence-corrected chi connectivity index (χ0v) is 21.6. The number of benzene rings is 3. The second kappa shape index (κ2) is 13.0. The van der Waals surface area contributed by atoms with Gasteiger partial charge in [-0.3, -0.25) is 4.79 Å². The highest BCUT2D eigenvalue weighted by molar-refractivity contribution is 6.36. The van der Waals surface area contributed by atoms with Crippen molar-refractivity contribution in [2.45, 2.75) is 26.7 Å². The lowest BCUT2D eigenvalue weighted by molar-refractivity contribution is -0.123. The number of amides is 1. The van der Waals surface area contributed by atoms with E-state index in [1.807, 2.05) is 24.3 Å². The van der Waals surface area contributed by atoms with Gasteiger partial charge < -0.3 is 14.2 Å². The van der Waals surface area contributed by atoms with Gasteiger partial charge >= 0.3 is 5.97 Å². The molecule has 0 saturated carbocycles. The summed E-state index contributed by atoms with van der Waals surface area (Å²) in [7, 11) is 0. The van der Waals surface area contributed by atoms with E-state index in [0.717, 1.165) is 0 Å². The normalized spacial score (nSPS) is 10.9. The first-order chi connectivity index (χ1) is 17.3. The Balaban J connectivity index is 1.58. The first-order valence-electron chi connectivity index (χ1n) is 11.3. The number of esters is 1. The first-order valence-corrected chi connectivity index (χ1v) is 12.0. The Kier molecular flexibility index (Phi) is 9.73. The summed E-state index contributed by atoms with van der Waals surface area (Å²) in [5.41, 5.74) is 4.40. The van der Waals surface area contributed by atoms with Crippen LogP contribution in [0.3, 0.4) is 0 Å². The number of hydrogen-bond acceptors (Lipinski definition) is 6. The van der Waals surface area contributed by atoms with Crippen molar-refractivity contribution in [3.05, 3.63) is 87.4 Å². The molecule has 3 aromatic carbocycles. The van der Waals surface area contributed by atoms with Gasteiger partial charge in [-0.05, 0) is 72.5 Å². The molecule has 0 saturated heterocycles. The zero-order valence-electron chi connectivity index (χ0n) is 20.1. The van der Waals surface area contributed by atoms with Crippen molar-refractivity contribution in [2.75, 3.05) is 13.2 Å². The molecule has 188 valence electrons. The molecule has 0 aliphatic carbocycles. The predicted molar refractivity (Wildman–Crippen MR) is 141 cm³/mol. The molecule has 36 heavy (non-hydrogen) atoms. The summed E-state index contributed by atoms with van der Waals surface area (Å²) in [6.45, 7) is 6.19. The predicted octanol–water partition coefficient (Wildman–Crippen LogP) is 6.26. The quantitative estimate of drug-likeness (QED) is 0.145. The molecule has 0 spiro atoms. The lowest BCUT2D eigenvalue weighted by Crippen LogP contribution is -2.24. The summed E-state index contributed by atoms with van der Waals surface area (Å²) in [6, 6.07) is 17.0. The molecular formula is C27H26Cl2N2O5. The molecule has 0 bridgehead atoms. The molecule has 0 aromatic heterocycles. The number of carbonyl (C=O) groups excluding carboxylic acids is 2. The summed E-state index contributed by atoms with van der Waals surface area (Å²) in [5.74, 6) is 0.512. The molecule has 3 rings (SSSR count). The van der Waals surface area contributed by atoms with E-state index >= 15 is 0 Å². The minimum atomic E-state index is -0.648. The third-order valence-electron chi connectivity index (χ3n) is 4.94. The second-order valence-corrected chi connectivity index (χ2v) is 8.80. The summed E-state index contributed by atoms with van der Waals surface area (Å²) in [5, 5.41) is 4.55. The number of halogens is 2. The van der Waals surface area contributed by atoms with E-state index in [-0.39, 0.29) is 22.9 Å². The lowest BCUT2D eigenvalue weighted by Gasteiger charge is -2.12. The van der Waals surface area contributed by atoms with Gasteiger partial charge in [0, 0.05) is 5.02 Å². The van der Waals surface area contributed by atoms with Crippen LogP contribution < -0.4 is 19.6 Å². The van der Waals surface area contributed by atoms with E-state index in [1.165, 1.54) is 23.9 Å². The first kappa shape index (κ1) is 27.0. The van der Waals surface area contributed by atoms with Crippen LogP contribution in [-0.4, -0.2) is 31.3 Å². The molecule has 3 aromatic rings. The maximum Gasteiger partial charge on any atom is 0.345 e. The Bertz CT molecular complexity index is 1240. The molecule has 0 unspecified atom stereocenters. The fourth-order valence-electron chi connectivity index (χ4n) is 3.08. The molecule has 7 nitrogen and oxygen atoms in total. The molecule has 0 aliphatic rings. The Morgan fingerprint density at radius 3 is 2.39 bits per heavy atom. The highest BCUT2D eigenvalue weighted by Crippen LogP contribution is 2.30. The highest BCUT2D eigenvalue weighted by atomic mass is 35.5. The fraction of sp³-hybridized carbons (Fsp3) is 0.222. The van der Waals surface area contributed by atoms with Crippen molar-refractivity contribution in [2.24, 2.45) is 5.10 Å². The molecular weight excluding hydrogens is 503 g/mol. The van der Waals surface area contributed by atoms with Crippen molar-refractivity contribution in [3.8, 4) is 17.2 Å². The average molecular weight is 529 g/mol. The average Bonchev–Trinajstić information content (AvgIpc) is 2.84. The number of rotatable bonds is 10. The van der Waals surface area contributed by atoms with Crippen LogP contribution in [0.2, 0.25) is 10.0 Å². The summed E-state index contributed by atoms with van der Waals surface area (Å²) in [6.07, 6.45) is 1.44. The maximum absolute atomic E-state index is 12.6. The monoisotopic (exact) mass is 528 g/mol. The van der Waals surface area contributed by atoms with Gasteiger partial charge in [0.25, 0.3) is 5.91 Å². The van der Waals surface area contributed by atoms with Gasteiger partial charge in [-0.2, -0.15) is 5.10 Å². The van der Waals surface area contributed by atoms with Crippen molar-refractivity contribution < 1.29 is 23.8 Å². The Hall–Kier alpha value is -3.55. The highest BCUT2D eigenvalue weighted by Gasteiger charge is 2.16. The van der Waals surface area contributed by atoms with Crippen LogP contribution in [0.4, 0.5) is 0 Å². The number of nitrogens with zero attached hydrogens (tertiary/aromatic N) is 1. The standard InChI is InChI=1S/C27H26Cl2N2O5/c1-4-34-25-13-18(5-12-24(25)36-27(33)22-11-8-20(28)14-23(22)29)15-30-31-26(32)16-35-21-9-6-19(7-10-21)17(2)3/h5-15,17H,4,16H2,1-3H3,(H,31,32)/b30-15+. The van der Waals surface area contributed by atoms with E-state index < -0.39 is 11.9 Å². The van der Waals surface area contributed by atoms with E-state index in [4.69, 9.17) is 37.4 Å². The molecule has 0 fully saturated rings. The SMILES string of the molecule is CCOc1cc(/C=N/NC(=O)COc2ccc(C(C)C)cc2)ccc1OC(=O)c1ccc(Cl)cc1Cl. The number of carbonyl (C=O) groups is 2. The van der Waals surface area contributed by atoms with E-state index in [1.54, 1.807) is 31.2 Å². The molecule has 9 heteroatoms. The molecule has 1 N–H and O–H groups in total. The molecule has 0 atom stereocenters. The summed E-state index contributed by atoms with van der Waals surface area (Å²) in [4.78, 5) is 24.6. The van der Waals surface area contributed by atoms with Crippen LogP contribution in [0.15, 0.2) is 65.8 Å². The molecule has 0 heterocycles. The number of ether oxygens (including phenoxy) is 3. The van der Waals surface area contributed by atoms with Crippen molar-refractivity contribution in [3.63, 3.8) is 0 Å². The van der Waals surface area contributed by atoms with Gasteiger partial charge in [0.05, 0.1) is 23.4 Å². The van der Waals surface area contributed by atoms with Gasteiger partial charge in [-0.25, -0.2) is 10.2 Å². The third kappa shape index (κ3) is 7.73. The van der Waals surface area contributed by atoms with Crippen molar-refractivity contribution >= 4 is 41.3 Å². The van der Waals surface area contributed by atoms with E-state index in [0.29, 0.717) is 34.6 Å². The number of hydrazone groups is 1. The van der Waals surface area contributed by atoms with Crippen LogP contribution in [0.25, 0.3) is 0 Å². The summed E-state index contributed by atoms with van der Waals surface area (Å²) >= 11 is 12.0. The van der Waals surface area contributed by atoms with Crippen molar-refractivity contribution in [1.82, 2.24) is 5.43 Å². The largest absolute Gasteiger partial charge is 0.490 e. The van der Waals surface area contributed by atoms with Crippen LogP contribution >= 0.6 is 23.2 Å². The fourth-order valence-corrected chi connectivity index (χ4v) is 3.56. The van der Waals surface area contributed by atoms with Gasteiger partial charge in [0.2, 0.25) is 0 Å². The van der Waals surface area contributed by atoms with Crippen LogP contribution in [-0.2, 0) is 4.79 Å². The van der Waals surface area contributed by atoms with Crippen molar-refractivity contribution in [1.29, 1.82) is 0 Å². The third-order valence-corrected chi connectivity index (χ3v) is 5.49. The zero-order chi connectivity index (χ0) is 26.1. The van der Waals surface area contributed by atoms with E-state index in [9.17, 15) is 9.59 Å². The molecule has 1 amide bonds. The topological polar surface area (TPSA) is 86.2 Å². The molecule has 0 aliphatic heterocycles. The second-order valence-electron chi connectivity index (χ2n) is 7.96. The molecule has 0 radical (unpaired) electrons. The van der Waals surface area contributed by atoms with E-state index in [2.05, 4.69) is 24.4 Å². The smallest absolute Gasteiger partial charge is 0.345 e. The van der Waals surface area contributed by atoms with Crippen LogP contribution in [0.1, 0.15) is 48.2 Å².